The standard InChI is InChI=1S/C16H22N2O3/c1-3-18(11-4-5-11)16(19)10-20-12-6-7-13-14(17-2)9-21-15(13)8-12/h6-8,11,14,17H,3-5,9-10H2,1-2H3. The highest BCUT2D eigenvalue weighted by atomic mass is 16.5. The first-order valence-corrected chi connectivity index (χ1v) is 7.59. The van der Waals surface area contributed by atoms with E-state index in [1.54, 1.807) is 0 Å². The normalized spacial score (nSPS) is 19.8. The van der Waals surface area contributed by atoms with Crippen LogP contribution < -0.4 is 14.8 Å². The molecule has 0 aromatic heterocycles. The van der Waals surface area contributed by atoms with Crippen LogP contribution in [0.4, 0.5) is 0 Å². The lowest BCUT2D eigenvalue weighted by atomic mass is 10.1. The van der Waals surface area contributed by atoms with Crippen LogP contribution in [0, 0.1) is 0 Å². The molecule has 1 aliphatic carbocycles. The fourth-order valence-electron chi connectivity index (χ4n) is 2.77. The summed E-state index contributed by atoms with van der Waals surface area (Å²) >= 11 is 0. The topological polar surface area (TPSA) is 50.8 Å². The van der Waals surface area contributed by atoms with Crippen molar-refractivity contribution in [3.8, 4) is 11.5 Å². The summed E-state index contributed by atoms with van der Waals surface area (Å²) in [6.45, 7) is 3.50. The molecule has 0 spiro atoms. The van der Waals surface area contributed by atoms with Gasteiger partial charge in [0.25, 0.3) is 5.91 Å². The van der Waals surface area contributed by atoms with Gasteiger partial charge in [0, 0.05) is 24.2 Å². The lowest BCUT2D eigenvalue weighted by Crippen LogP contribution is -2.36. The number of carbonyl (C=O) groups excluding carboxylic acids is 1. The first kappa shape index (κ1) is 14.2. The molecular formula is C16H22N2O3. The largest absolute Gasteiger partial charge is 0.491 e. The van der Waals surface area contributed by atoms with Gasteiger partial charge in [0.2, 0.25) is 0 Å². The van der Waals surface area contributed by atoms with Crippen LogP contribution in [0.2, 0.25) is 0 Å². The number of benzene rings is 1. The molecule has 1 unspecified atom stereocenters. The van der Waals surface area contributed by atoms with E-state index in [0.717, 1.165) is 30.7 Å². The Morgan fingerprint density at radius 1 is 1.48 bits per heavy atom. The number of hydrogen-bond donors (Lipinski definition) is 1. The van der Waals surface area contributed by atoms with Crippen LogP contribution in [0.3, 0.4) is 0 Å². The molecule has 1 aromatic rings. The summed E-state index contributed by atoms with van der Waals surface area (Å²) in [6.07, 6.45) is 2.25. The Kier molecular flexibility index (Phi) is 4.01. The van der Waals surface area contributed by atoms with E-state index in [1.807, 2.05) is 37.1 Å². The molecule has 21 heavy (non-hydrogen) atoms. The monoisotopic (exact) mass is 290 g/mol. The molecule has 0 radical (unpaired) electrons. The zero-order chi connectivity index (χ0) is 14.8. The molecule has 5 nitrogen and oxygen atoms in total. The zero-order valence-corrected chi connectivity index (χ0v) is 12.6. The number of nitrogens with one attached hydrogen (secondary N) is 1. The van der Waals surface area contributed by atoms with Crippen LogP contribution in [-0.2, 0) is 4.79 Å². The Labute approximate surface area is 125 Å². The quantitative estimate of drug-likeness (QED) is 0.867. The van der Waals surface area contributed by atoms with Crippen molar-refractivity contribution in [1.82, 2.24) is 10.2 Å². The van der Waals surface area contributed by atoms with E-state index in [2.05, 4.69) is 5.32 Å². The van der Waals surface area contributed by atoms with Crippen molar-refractivity contribution in [3.63, 3.8) is 0 Å². The second-order valence-electron chi connectivity index (χ2n) is 5.55. The van der Waals surface area contributed by atoms with Gasteiger partial charge < -0.3 is 19.7 Å². The van der Waals surface area contributed by atoms with Gasteiger partial charge >= 0.3 is 0 Å². The molecule has 1 N–H and O–H groups in total. The summed E-state index contributed by atoms with van der Waals surface area (Å²) in [6, 6.07) is 6.44. The molecule has 0 bridgehead atoms. The number of nitrogens with zero attached hydrogens (tertiary/aromatic N) is 1. The summed E-state index contributed by atoms with van der Waals surface area (Å²) in [5, 5.41) is 3.21. The average Bonchev–Trinajstić information content (AvgIpc) is 3.25. The van der Waals surface area contributed by atoms with Crippen LogP contribution >= 0.6 is 0 Å². The third kappa shape index (κ3) is 2.97. The number of likely N-dealkylation sites (N-methyl/N-ethyl adjacent to an activating group) is 2. The maximum absolute atomic E-state index is 12.1. The van der Waals surface area contributed by atoms with E-state index < -0.39 is 0 Å². The number of ether oxygens (including phenoxy) is 2. The van der Waals surface area contributed by atoms with Gasteiger partial charge in [-0.2, -0.15) is 0 Å². The summed E-state index contributed by atoms with van der Waals surface area (Å²) in [5.41, 5.74) is 1.14. The van der Waals surface area contributed by atoms with Gasteiger partial charge in [-0.25, -0.2) is 0 Å². The molecule has 1 amide bonds. The molecule has 2 aliphatic rings. The van der Waals surface area contributed by atoms with Crippen molar-refractivity contribution in [1.29, 1.82) is 0 Å². The minimum atomic E-state index is 0.0644. The highest BCUT2D eigenvalue weighted by Crippen LogP contribution is 2.35. The molecule has 1 heterocycles. The molecule has 1 atom stereocenters. The maximum atomic E-state index is 12.1. The van der Waals surface area contributed by atoms with E-state index >= 15 is 0 Å². The number of amides is 1. The predicted octanol–water partition coefficient (Wildman–Crippen LogP) is 1.73. The number of rotatable bonds is 6. The molecular weight excluding hydrogens is 268 g/mol. The summed E-state index contributed by atoms with van der Waals surface area (Å²) in [4.78, 5) is 14.0. The Balaban J connectivity index is 1.60. The van der Waals surface area contributed by atoms with Gasteiger partial charge in [-0.1, -0.05) is 0 Å². The molecule has 1 fully saturated rings. The molecule has 0 saturated heterocycles. The van der Waals surface area contributed by atoms with Crippen molar-refractivity contribution in [2.45, 2.75) is 31.8 Å². The zero-order valence-electron chi connectivity index (χ0n) is 12.6. The van der Waals surface area contributed by atoms with E-state index in [9.17, 15) is 4.79 Å². The molecule has 114 valence electrons. The Morgan fingerprint density at radius 3 is 2.95 bits per heavy atom. The Bertz CT molecular complexity index is 528. The van der Waals surface area contributed by atoms with E-state index in [4.69, 9.17) is 9.47 Å². The van der Waals surface area contributed by atoms with Gasteiger partial charge in [0.15, 0.2) is 6.61 Å². The molecule has 1 aromatic carbocycles. The number of carbonyl (C=O) groups is 1. The van der Waals surface area contributed by atoms with E-state index in [1.165, 1.54) is 0 Å². The lowest BCUT2D eigenvalue weighted by Gasteiger charge is -2.20. The smallest absolute Gasteiger partial charge is 0.260 e. The average molecular weight is 290 g/mol. The lowest BCUT2D eigenvalue weighted by molar-refractivity contribution is -0.133. The van der Waals surface area contributed by atoms with Crippen LogP contribution in [-0.4, -0.2) is 43.7 Å². The molecule has 5 heteroatoms. The van der Waals surface area contributed by atoms with Gasteiger partial charge in [-0.05, 0) is 38.9 Å². The fourth-order valence-corrected chi connectivity index (χ4v) is 2.77. The van der Waals surface area contributed by atoms with Crippen LogP contribution in [0.15, 0.2) is 18.2 Å². The van der Waals surface area contributed by atoms with E-state index in [0.29, 0.717) is 18.4 Å². The predicted molar refractivity (Wildman–Crippen MR) is 79.6 cm³/mol. The number of hydrogen-bond acceptors (Lipinski definition) is 4. The minimum Gasteiger partial charge on any atom is -0.491 e. The van der Waals surface area contributed by atoms with Gasteiger partial charge in [-0.15, -0.1) is 0 Å². The number of fused-ring (bicyclic) bond motifs is 1. The minimum absolute atomic E-state index is 0.0644. The maximum Gasteiger partial charge on any atom is 0.260 e. The van der Waals surface area contributed by atoms with Crippen molar-refractivity contribution < 1.29 is 14.3 Å². The van der Waals surface area contributed by atoms with E-state index in [-0.39, 0.29) is 18.6 Å². The first-order valence-electron chi connectivity index (χ1n) is 7.59. The van der Waals surface area contributed by atoms with Crippen LogP contribution in [0.25, 0.3) is 0 Å². The second kappa shape index (κ2) is 5.93. The third-order valence-electron chi connectivity index (χ3n) is 4.13. The van der Waals surface area contributed by atoms with Crippen molar-refractivity contribution in [3.05, 3.63) is 23.8 Å². The van der Waals surface area contributed by atoms with Crippen LogP contribution in [0.5, 0.6) is 11.5 Å². The molecule has 1 saturated carbocycles. The second-order valence-corrected chi connectivity index (χ2v) is 5.55. The fraction of sp³-hybridized carbons (Fsp3) is 0.562. The van der Waals surface area contributed by atoms with Crippen LogP contribution in [0.1, 0.15) is 31.4 Å². The Morgan fingerprint density at radius 2 is 2.29 bits per heavy atom. The van der Waals surface area contributed by atoms with Crippen molar-refractivity contribution in [2.24, 2.45) is 0 Å². The first-order chi connectivity index (χ1) is 10.2. The molecule has 1 aliphatic heterocycles. The summed E-state index contributed by atoms with van der Waals surface area (Å²) in [5.74, 6) is 1.59. The summed E-state index contributed by atoms with van der Waals surface area (Å²) in [7, 11) is 1.92. The van der Waals surface area contributed by atoms with Crippen molar-refractivity contribution >= 4 is 5.91 Å². The highest BCUT2D eigenvalue weighted by Gasteiger charge is 2.31. The molecule has 3 rings (SSSR count). The van der Waals surface area contributed by atoms with Gasteiger partial charge in [-0.3, -0.25) is 4.79 Å². The summed E-state index contributed by atoms with van der Waals surface area (Å²) < 4.78 is 11.3. The SMILES string of the molecule is CCN(C(=O)COc1ccc2c(c1)OCC2NC)C1CC1. The third-order valence-corrected chi connectivity index (χ3v) is 4.13. The van der Waals surface area contributed by atoms with Gasteiger partial charge in [0.05, 0.1) is 6.04 Å². The highest BCUT2D eigenvalue weighted by molar-refractivity contribution is 5.78. The Hall–Kier alpha value is -1.75. The van der Waals surface area contributed by atoms with Gasteiger partial charge in [0.1, 0.15) is 18.1 Å². The van der Waals surface area contributed by atoms with Crippen molar-refractivity contribution in [2.75, 3.05) is 26.8 Å².